The molecule has 4 heteroatoms. The van der Waals surface area contributed by atoms with E-state index >= 15 is 0 Å². The molecular weight excluding hydrogens is 264 g/mol. The van der Waals surface area contributed by atoms with Crippen LogP contribution in [-0.2, 0) is 4.79 Å². The molecule has 2 aliphatic rings. The fourth-order valence-corrected chi connectivity index (χ4v) is 3.32. The van der Waals surface area contributed by atoms with E-state index in [9.17, 15) is 4.79 Å². The number of anilines is 1. The molecule has 114 valence electrons. The van der Waals surface area contributed by atoms with Gasteiger partial charge in [-0.2, -0.15) is 0 Å². The molecular formula is C17H24N2O2. The standard InChI is InChI=1S/C17H24N2O2/c1-17(2,3)18-10-8-13(9-11-18)19-14-6-4-5-7-15(14)21-12-16(19)20/h4-7,13H,8-12H2,1-3H3. The van der Waals surface area contributed by atoms with Crippen LogP contribution in [0.15, 0.2) is 24.3 Å². The topological polar surface area (TPSA) is 32.8 Å². The van der Waals surface area contributed by atoms with Crippen molar-refractivity contribution in [2.45, 2.75) is 45.2 Å². The van der Waals surface area contributed by atoms with Crippen molar-refractivity contribution in [1.82, 2.24) is 4.90 Å². The fourth-order valence-electron chi connectivity index (χ4n) is 3.32. The highest BCUT2D eigenvalue weighted by Crippen LogP contribution is 2.35. The summed E-state index contributed by atoms with van der Waals surface area (Å²) < 4.78 is 5.53. The van der Waals surface area contributed by atoms with Crippen molar-refractivity contribution in [2.75, 3.05) is 24.6 Å². The van der Waals surface area contributed by atoms with Crippen molar-refractivity contribution >= 4 is 11.6 Å². The van der Waals surface area contributed by atoms with E-state index in [0.29, 0.717) is 6.04 Å². The van der Waals surface area contributed by atoms with Gasteiger partial charge in [0.15, 0.2) is 6.61 Å². The summed E-state index contributed by atoms with van der Waals surface area (Å²) in [5.74, 6) is 0.915. The van der Waals surface area contributed by atoms with Gasteiger partial charge < -0.3 is 9.64 Å². The van der Waals surface area contributed by atoms with Gasteiger partial charge in [-0.05, 0) is 45.7 Å². The highest BCUT2D eigenvalue weighted by Gasteiger charge is 2.35. The number of hydrogen-bond acceptors (Lipinski definition) is 3. The van der Waals surface area contributed by atoms with Crippen LogP contribution in [0.25, 0.3) is 0 Å². The Bertz CT molecular complexity index is 528. The number of amides is 1. The smallest absolute Gasteiger partial charge is 0.265 e. The van der Waals surface area contributed by atoms with Crippen LogP contribution in [0.4, 0.5) is 5.69 Å². The normalized spacial score (nSPS) is 21.1. The van der Waals surface area contributed by atoms with Crippen molar-refractivity contribution in [3.8, 4) is 5.75 Å². The monoisotopic (exact) mass is 288 g/mol. The number of carbonyl (C=O) groups excluding carboxylic acids is 1. The first-order valence-electron chi connectivity index (χ1n) is 7.76. The van der Waals surface area contributed by atoms with Gasteiger partial charge in [-0.3, -0.25) is 9.69 Å². The lowest BCUT2D eigenvalue weighted by Gasteiger charge is -2.44. The Hall–Kier alpha value is -1.55. The number of nitrogens with zero attached hydrogens (tertiary/aromatic N) is 2. The van der Waals surface area contributed by atoms with Gasteiger partial charge in [0, 0.05) is 24.7 Å². The first-order chi connectivity index (χ1) is 9.97. The molecule has 0 unspecified atom stereocenters. The molecule has 1 saturated heterocycles. The molecule has 3 rings (SSSR count). The highest BCUT2D eigenvalue weighted by atomic mass is 16.5. The second kappa shape index (κ2) is 5.34. The lowest BCUT2D eigenvalue weighted by molar-refractivity contribution is -0.122. The molecule has 0 radical (unpaired) electrons. The summed E-state index contributed by atoms with van der Waals surface area (Å²) in [6, 6.07) is 8.15. The van der Waals surface area contributed by atoms with Gasteiger partial charge in [-0.15, -0.1) is 0 Å². The molecule has 1 amide bonds. The second-order valence-corrected chi connectivity index (χ2v) is 6.91. The van der Waals surface area contributed by atoms with Crippen molar-refractivity contribution in [2.24, 2.45) is 0 Å². The molecule has 0 bridgehead atoms. The Morgan fingerprint density at radius 1 is 1.14 bits per heavy atom. The molecule has 0 aliphatic carbocycles. The minimum atomic E-state index is 0.0860. The zero-order valence-electron chi connectivity index (χ0n) is 13.1. The van der Waals surface area contributed by atoms with Crippen molar-refractivity contribution in [3.63, 3.8) is 0 Å². The van der Waals surface area contributed by atoms with Crippen LogP contribution in [0.5, 0.6) is 5.75 Å². The summed E-state index contributed by atoms with van der Waals surface area (Å²) in [5, 5.41) is 0. The van der Waals surface area contributed by atoms with Crippen LogP contribution in [0.2, 0.25) is 0 Å². The molecule has 0 aromatic heterocycles. The molecule has 0 spiro atoms. The molecule has 0 N–H and O–H groups in total. The molecule has 1 aromatic rings. The Morgan fingerprint density at radius 3 is 2.48 bits per heavy atom. The minimum Gasteiger partial charge on any atom is -0.482 e. The van der Waals surface area contributed by atoms with E-state index in [1.54, 1.807) is 0 Å². The van der Waals surface area contributed by atoms with Crippen LogP contribution in [0.3, 0.4) is 0 Å². The number of rotatable bonds is 1. The summed E-state index contributed by atoms with van der Waals surface area (Å²) in [5.41, 5.74) is 1.14. The van der Waals surface area contributed by atoms with Gasteiger partial charge >= 0.3 is 0 Å². The van der Waals surface area contributed by atoms with Crippen LogP contribution in [0.1, 0.15) is 33.6 Å². The lowest BCUT2D eigenvalue weighted by atomic mass is 9.96. The van der Waals surface area contributed by atoms with E-state index in [0.717, 1.165) is 37.4 Å². The van der Waals surface area contributed by atoms with Gasteiger partial charge in [-0.1, -0.05) is 12.1 Å². The number of ether oxygens (including phenoxy) is 1. The summed E-state index contributed by atoms with van der Waals surface area (Å²) in [7, 11) is 0. The van der Waals surface area contributed by atoms with Crippen LogP contribution >= 0.6 is 0 Å². The van der Waals surface area contributed by atoms with E-state index in [1.165, 1.54) is 0 Å². The van der Waals surface area contributed by atoms with Crippen molar-refractivity contribution in [1.29, 1.82) is 0 Å². The van der Waals surface area contributed by atoms with Crippen LogP contribution in [0, 0.1) is 0 Å². The van der Waals surface area contributed by atoms with Crippen LogP contribution in [-0.4, -0.2) is 42.1 Å². The van der Waals surface area contributed by atoms with Gasteiger partial charge in [0.25, 0.3) is 5.91 Å². The Balaban J connectivity index is 1.78. The summed E-state index contributed by atoms with van der Waals surface area (Å²) in [6.07, 6.45) is 2.05. The lowest BCUT2D eigenvalue weighted by Crippen LogP contribution is -2.54. The maximum absolute atomic E-state index is 12.3. The summed E-state index contributed by atoms with van der Waals surface area (Å²) in [6.45, 7) is 9.01. The average molecular weight is 288 g/mol. The Labute approximate surface area is 126 Å². The molecule has 21 heavy (non-hydrogen) atoms. The quantitative estimate of drug-likeness (QED) is 0.796. The zero-order valence-corrected chi connectivity index (χ0v) is 13.1. The molecule has 4 nitrogen and oxygen atoms in total. The summed E-state index contributed by atoms with van der Waals surface area (Å²) >= 11 is 0. The third kappa shape index (κ3) is 2.77. The Morgan fingerprint density at radius 2 is 1.81 bits per heavy atom. The predicted molar refractivity (Wildman–Crippen MR) is 83.8 cm³/mol. The van der Waals surface area contributed by atoms with Gasteiger partial charge in [0.2, 0.25) is 0 Å². The molecule has 1 aromatic carbocycles. The Kier molecular flexibility index (Phi) is 3.66. The van der Waals surface area contributed by atoms with E-state index in [-0.39, 0.29) is 18.1 Å². The SMILES string of the molecule is CC(C)(C)N1CCC(N2C(=O)COc3ccccc32)CC1. The van der Waals surface area contributed by atoms with Gasteiger partial charge in [0.1, 0.15) is 5.75 Å². The third-order valence-corrected chi connectivity index (χ3v) is 4.52. The fraction of sp³-hybridized carbons (Fsp3) is 0.588. The van der Waals surface area contributed by atoms with E-state index in [4.69, 9.17) is 4.74 Å². The molecule has 2 aliphatic heterocycles. The van der Waals surface area contributed by atoms with Crippen molar-refractivity contribution in [3.05, 3.63) is 24.3 Å². The van der Waals surface area contributed by atoms with Crippen LogP contribution < -0.4 is 9.64 Å². The number of fused-ring (bicyclic) bond motifs is 1. The number of piperidine rings is 1. The van der Waals surface area contributed by atoms with Gasteiger partial charge in [-0.25, -0.2) is 0 Å². The maximum atomic E-state index is 12.3. The van der Waals surface area contributed by atoms with E-state index < -0.39 is 0 Å². The number of para-hydroxylation sites is 2. The molecule has 0 atom stereocenters. The first-order valence-corrected chi connectivity index (χ1v) is 7.76. The number of benzene rings is 1. The zero-order chi connectivity index (χ0) is 15.0. The number of hydrogen-bond donors (Lipinski definition) is 0. The highest BCUT2D eigenvalue weighted by molar-refractivity contribution is 5.98. The minimum absolute atomic E-state index is 0.0860. The number of carbonyl (C=O) groups is 1. The average Bonchev–Trinajstić information content (AvgIpc) is 2.46. The largest absolute Gasteiger partial charge is 0.482 e. The molecule has 1 fully saturated rings. The maximum Gasteiger partial charge on any atom is 0.265 e. The first kappa shape index (κ1) is 14.4. The van der Waals surface area contributed by atoms with E-state index in [2.05, 4.69) is 25.7 Å². The molecule has 2 heterocycles. The number of likely N-dealkylation sites (tertiary alicyclic amines) is 1. The van der Waals surface area contributed by atoms with Crippen molar-refractivity contribution < 1.29 is 9.53 Å². The predicted octanol–water partition coefficient (Wildman–Crippen LogP) is 2.67. The second-order valence-electron chi connectivity index (χ2n) is 6.91. The van der Waals surface area contributed by atoms with Gasteiger partial charge in [0.05, 0.1) is 5.69 Å². The summed E-state index contributed by atoms with van der Waals surface area (Å²) in [4.78, 5) is 16.8. The molecule has 0 saturated carbocycles. The third-order valence-electron chi connectivity index (χ3n) is 4.52. The van der Waals surface area contributed by atoms with E-state index in [1.807, 2.05) is 29.2 Å².